The lowest BCUT2D eigenvalue weighted by molar-refractivity contribution is 0.286. The van der Waals surface area contributed by atoms with E-state index < -0.39 is 8.32 Å². The molecule has 0 spiro atoms. The van der Waals surface area contributed by atoms with Crippen molar-refractivity contribution in [3.8, 4) is 0 Å². The fourth-order valence-electron chi connectivity index (χ4n) is 3.98. The predicted octanol–water partition coefficient (Wildman–Crippen LogP) is 6.43. The SMILES string of the molecule is CC(C)/C=C\c1ccc(CO[Si](c2ccccc2)(c2ccccc2)C(C)(C)C)cc1. The van der Waals surface area contributed by atoms with Crippen LogP contribution in [0.2, 0.25) is 5.04 Å². The van der Waals surface area contributed by atoms with Crippen LogP contribution in [0.25, 0.3) is 6.08 Å². The lowest BCUT2D eigenvalue weighted by Gasteiger charge is -2.43. The molecule has 0 atom stereocenters. The molecule has 0 heterocycles. The van der Waals surface area contributed by atoms with Crippen molar-refractivity contribution in [1.29, 1.82) is 0 Å². The van der Waals surface area contributed by atoms with Crippen molar-refractivity contribution >= 4 is 24.8 Å². The van der Waals surface area contributed by atoms with Crippen LogP contribution in [-0.4, -0.2) is 8.32 Å². The molecule has 0 saturated heterocycles. The molecule has 0 aliphatic heterocycles. The summed E-state index contributed by atoms with van der Waals surface area (Å²) in [5, 5.41) is 2.63. The first-order valence-corrected chi connectivity index (χ1v) is 12.8. The number of hydrogen-bond donors (Lipinski definition) is 0. The van der Waals surface area contributed by atoms with Crippen LogP contribution in [0, 0.1) is 5.92 Å². The Morgan fingerprint density at radius 1 is 0.767 bits per heavy atom. The lowest BCUT2D eigenvalue weighted by atomic mass is 10.1. The molecule has 0 N–H and O–H groups in total. The highest BCUT2D eigenvalue weighted by Crippen LogP contribution is 2.37. The highest BCUT2D eigenvalue weighted by atomic mass is 28.4. The van der Waals surface area contributed by atoms with Gasteiger partial charge in [-0.2, -0.15) is 0 Å². The smallest absolute Gasteiger partial charge is 0.261 e. The van der Waals surface area contributed by atoms with Crippen LogP contribution in [0.4, 0.5) is 0 Å². The number of benzene rings is 3. The van der Waals surface area contributed by atoms with E-state index in [4.69, 9.17) is 4.43 Å². The molecule has 3 rings (SSSR count). The van der Waals surface area contributed by atoms with Crippen molar-refractivity contribution in [2.75, 3.05) is 0 Å². The van der Waals surface area contributed by atoms with E-state index >= 15 is 0 Å². The number of allylic oxidation sites excluding steroid dienone is 1. The van der Waals surface area contributed by atoms with Crippen LogP contribution < -0.4 is 10.4 Å². The fraction of sp³-hybridized carbons (Fsp3) is 0.286. The first-order chi connectivity index (χ1) is 14.3. The van der Waals surface area contributed by atoms with Gasteiger partial charge in [-0.15, -0.1) is 0 Å². The standard InChI is InChI=1S/C28H34OSi/c1-23(2)16-17-24-18-20-25(21-19-24)22-29-30(28(3,4)5,26-12-8-6-9-13-26)27-14-10-7-11-15-27/h6-21,23H,22H2,1-5H3/b17-16-. The molecule has 2 heteroatoms. The van der Waals surface area contributed by atoms with E-state index in [0.717, 1.165) is 0 Å². The molecular formula is C28H34OSi. The third-order valence-electron chi connectivity index (χ3n) is 5.53. The third kappa shape index (κ3) is 5.00. The summed E-state index contributed by atoms with van der Waals surface area (Å²) in [6, 6.07) is 30.4. The largest absolute Gasteiger partial charge is 0.403 e. The molecule has 0 radical (unpaired) electrons. The van der Waals surface area contributed by atoms with Crippen molar-refractivity contribution in [3.05, 3.63) is 102 Å². The molecule has 0 bridgehead atoms. The van der Waals surface area contributed by atoms with Crippen LogP contribution >= 0.6 is 0 Å². The van der Waals surface area contributed by atoms with Gasteiger partial charge in [0.1, 0.15) is 0 Å². The van der Waals surface area contributed by atoms with E-state index in [1.807, 2.05) is 0 Å². The summed E-state index contributed by atoms with van der Waals surface area (Å²) < 4.78 is 7.01. The predicted molar refractivity (Wildman–Crippen MR) is 133 cm³/mol. The van der Waals surface area contributed by atoms with E-state index in [1.165, 1.54) is 21.5 Å². The van der Waals surface area contributed by atoms with Gasteiger partial charge >= 0.3 is 0 Å². The molecule has 3 aromatic carbocycles. The van der Waals surface area contributed by atoms with E-state index in [2.05, 4.69) is 132 Å². The summed E-state index contributed by atoms with van der Waals surface area (Å²) in [4.78, 5) is 0. The maximum absolute atomic E-state index is 7.01. The molecule has 0 aliphatic rings. The van der Waals surface area contributed by atoms with Crippen LogP contribution in [0.1, 0.15) is 45.7 Å². The van der Waals surface area contributed by atoms with Gasteiger partial charge in [0.25, 0.3) is 8.32 Å². The number of hydrogen-bond acceptors (Lipinski definition) is 1. The zero-order valence-corrected chi connectivity index (χ0v) is 19.9. The topological polar surface area (TPSA) is 9.23 Å². The Morgan fingerprint density at radius 3 is 1.70 bits per heavy atom. The molecule has 0 saturated carbocycles. The van der Waals surface area contributed by atoms with Crippen molar-refractivity contribution in [3.63, 3.8) is 0 Å². The second kappa shape index (κ2) is 9.59. The first-order valence-electron chi connectivity index (χ1n) is 10.8. The van der Waals surface area contributed by atoms with Crippen LogP contribution in [-0.2, 0) is 11.0 Å². The Kier molecular flexibility index (Phi) is 7.12. The molecule has 0 fully saturated rings. The minimum atomic E-state index is -2.49. The Labute approximate surface area is 183 Å². The monoisotopic (exact) mass is 414 g/mol. The quantitative estimate of drug-likeness (QED) is 0.405. The minimum absolute atomic E-state index is 0.00432. The summed E-state index contributed by atoms with van der Waals surface area (Å²) in [5.74, 6) is 0.558. The van der Waals surface area contributed by atoms with Crippen LogP contribution in [0.3, 0.4) is 0 Å². The number of rotatable bonds is 7. The fourth-order valence-corrected chi connectivity index (χ4v) is 8.52. The van der Waals surface area contributed by atoms with Crippen molar-refractivity contribution in [2.45, 2.75) is 46.3 Å². The highest BCUT2D eigenvalue weighted by Gasteiger charge is 2.50. The van der Waals surface area contributed by atoms with E-state index in [-0.39, 0.29) is 5.04 Å². The molecule has 30 heavy (non-hydrogen) atoms. The molecule has 0 unspecified atom stereocenters. The van der Waals surface area contributed by atoms with Crippen molar-refractivity contribution in [2.24, 2.45) is 5.92 Å². The molecule has 1 nitrogen and oxygen atoms in total. The Balaban J connectivity index is 1.96. The van der Waals surface area contributed by atoms with Gasteiger partial charge in [-0.1, -0.05) is 132 Å². The second-order valence-corrected chi connectivity index (χ2v) is 13.6. The van der Waals surface area contributed by atoms with Gasteiger partial charge in [-0.05, 0) is 32.5 Å². The Morgan fingerprint density at radius 2 is 1.27 bits per heavy atom. The molecular weight excluding hydrogens is 380 g/mol. The van der Waals surface area contributed by atoms with E-state index in [9.17, 15) is 0 Å². The third-order valence-corrected chi connectivity index (χ3v) is 10.5. The molecule has 0 amide bonds. The summed E-state index contributed by atoms with van der Waals surface area (Å²) in [5.41, 5.74) is 2.45. The maximum atomic E-state index is 7.01. The van der Waals surface area contributed by atoms with E-state index in [0.29, 0.717) is 12.5 Å². The molecule has 156 valence electrons. The van der Waals surface area contributed by atoms with Crippen molar-refractivity contribution in [1.82, 2.24) is 0 Å². The normalized spacial score (nSPS) is 12.6. The summed E-state index contributed by atoms with van der Waals surface area (Å²) >= 11 is 0. The van der Waals surface area contributed by atoms with Gasteiger partial charge in [0.15, 0.2) is 0 Å². The van der Waals surface area contributed by atoms with Crippen LogP contribution in [0.15, 0.2) is 91.0 Å². The van der Waals surface area contributed by atoms with E-state index in [1.54, 1.807) is 0 Å². The van der Waals surface area contributed by atoms with Gasteiger partial charge in [-0.25, -0.2) is 0 Å². The second-order valence-electron chi connectivity index (χ2n) is 9.30. The molecule has 0 aliphatic carbocycles. The summed E-state index contributed by atoms with van der Waals surface area (Å²) in [6.07, 6.45) is 4.42. The maximum Gasteiger partial charge on any atom is 0.261 e. The zero-order chi connectivity index (χ0) is 21.6. The van der Waals surface area contributed by atoms with Gasteiger partial charge < -0.3 is 4.43 Å². The van der Waals surface area contributed by atoms with Crippen molar-refractivity contribution < 1.29 is 4.43 Å². The summed E-state index contributed by atoms with van der Waals surface area (Å²) in [6.45, 7) is 12.0. The lowest BCUT2D eigenvalue weighted by Crippen LogP contribution is -2.66. The van der Waals surface area contributed by atoms with Gasteiger partial charge in [-0.3, -0.25) is 0 Å². The highest BCUT2D eigenvalue weighted by molar-refractivity contribution is 6.99. The average Bonchev–Trinajstić information content (AvgIpc) is 2.74. The minimum Gasteiger partial charge on any atom is -0.403 e. The van der Waals surface area contributed by atoms with Gasteiger partial charge in [0.05, 0.1) is 6.61 Å². The zero-order valence-electron chi connectivity index (χ0n) is 18.9. The average molecular weight is 415 g/mol. The summed E-state index contributed by atoms with van der Waals surface area (Å²) in [7, 11) is -2.49. The first kappa shape index (κ1) is 22.3. The Hall–Kier alpha value is -2.42. The van der Waals surface area contributed by atoms with Gasteiger partial charge in [0, 0.05) is 0 Å². The Bertz CT molecular complexity index is 896. The van der Waals surface area contributed by atoms with Crippen LogP contribution in [0.5, 0.6) is 0 Å². The molecule has 0 aromatic heterocycles. The van der Waals surface area contributed by atoms with Gasteiger partial charge in [0.2, 0.25) is 0 Å². The molecule has 3 aromatic rings.